The number of aromatic nitrogens is 4. The lowest BCUT2D eigenvalue weighted by molar-refractivity contribution is -0.138. The van der Waals surface area contributed by atoms with Crippen LogP contribution in [-0.4, -0.2) is 54.3 Å². The third kappa shape index (κ3) is 6.80. The van der Waals surface area contributed by atoms with Crippen molar-refractivity contribution >= 4 is 56.3 Å². The lowest BCUT2D eigenvalue weighted by Gasteiger charge is -2.09. The molecule has 8 bridgehead atoms. The number of allylic oxidation sites excluding steroid dienone is 4. The Morgan fingerprint density at radius 3 is 1.62 bits per heavy atom. The Bertz CT molecular complexity index is 1980. The molecule has 0 saturated carbocycles. The van der Waals surface area contributed by atoms with E-state index in [1.54, 1.807) is 14.0 Å². The van der Waals surface area contributed by atoms with Gasteiger partial charge in [-0.2, -0.15) is 0 Å². The highest BCUT2D eigenvalue weighted by molar-refractivity contribution is 5.95. The predicted octanol–water partition coefficient (Wildman–Crippen LogP) is 8.06. The quantitative estimate of drug-likeness (QED) is 0.141. The van der Waals surface area contributed by atoms with E-state index in [4.69, 9.17) is 14.7 Å². The van der Waals surface area contributed by atoms with Crippen molar-refractivity contribution < 1.29 is 29.6 Å². The average molecular weight is 641 g/mol. The van der Waals surface area contributed by atoms with Gasteiger partial charge in [0.25, 0.3) is 0 Å². The van der Waals surface area contributed by atoms with Gasteiger partial charge >= 0.3 is 11.9 Å². The molecule has 2 unspecified atom stereocenters. The third-order valence-electron chi connectivity index (χ3n) is 9.45. The summed E-state index contributed by atoms with van der Waals surface area (Å²) in [5, 5.41) is 29.6. The number of hydrogen-bond donors (Lipinski definition) is 5. The summed E-state index contributed by atoms with van der Waals surface area (Å²) in [6.07, 6.45) is 1.13. The number of aliphatic hydroxyl groups is 1. The molecule has 2 aliphatic rings. The van der Waals surface area contributed by atoms with E-state index in [1.807, 2.05) is 45.9 Å². The van der Waals surface area contributed by atoms with Gasteiger partial charge in [-0.1, -0.05) is 0 Å². The number of nitrogens with one attached hydrogen (secondary N) is 2. The summed E-state index contributed by atoms with van der Waals surface area (Å²) < 4.78 is 5.79. The first-order valence-corrected chi connectivity index (χ1v) is 16.1. The summed E-state index contributed by atoms with van der Waals surface area (Å²) >= 11 is 0. The van der Waals surface area contributed by atoms with E-state index in [-0.39, 0.29) is 18.9 Å². The van der Waals surface area contributed by atoms with Gasteiger partial charge < -0.3 is 30.0 Å². The monoisotopic (exact) mass is 640 g/mol. The second-order valence-corrected chi connectivity index (χ2v) is 12.6. The molecule has 0 aliphatic carbocycles. The predicted molar refractivity (Wildman–Crippen MR) is 184 cm³/mol. The van der Waals surface area contributed by atoms with Crippen LogP contribution in [0.4, 0.5) is 0 Å². The Balaban J connectivity index is 1.90. The van der Waals surface area contributed by atoms with Crippen molar-refractivity contribution in [1.82, 2.24) is 19.9 Å². The number of aliphatic hydroxyl groups excluding tert-OH is 1. The number of ether oxygens (including phenoxy) is 1. The molecule has 2 atom stereocenters. The fraction of sp³-hybridized carbons (Fsp3) is 0.405. The number of aromatic amines is 2. The Kier molecular flexibility index (Phi) is 9.84. The molecular weight excluding hydrogens is 596 g/mol. The average Bonchev–Trinajstić information content (AvgIpc) is 3.67. The summed E-state index contributed by atoms with van der Waals surface area (Å²) in [6, 6.07) is 7.98. The van der Waals surface area contributed by atoms with Crippen LogP contribution in [0.2, 0.25) is 0 Å². The molecule has 0 saturated heterocycles. The van der Waals surface area contributed by atoms with Crippen molar-refractivity contribution in [1.29, 1.82) is 0 Å². The van der Waals surface area contributed by atoms with E-state index in [1.165, 1.54) is 0 Å². The maximum atomic E-state index is 11.4. The van der Waals surface area contributed by atoms with Crippen molar-refractivity contribution in [3.05, 3.63) is 69.3 Å². The van der Waals surface area contributed by atoms with Gasteiger partial charge in [-0.25, -0.2) is 9.97 Å². The summed E-state index contributed by atoms with van der Waals surface area (Å²) in [5.74, 6) is -1.69. The lowest BCUT2D eigenvalue weighted by Crippen LogP contribution is -1.96. The highest BCUT2D eigenvalue weighted by atomic mass is 16.5. The number of carbonyl (C=O) groups is 2. The number of fused-ring (bicyclic) bond motifs is 8. The van der Waals surface area contributed by atoms with Gasteiger partial charge in [-0.05, 0) is 125 Å². The van der Waals surface area contributed by atoms with Crippen LogP contribution in [0.25, 0.3) is 44.4 Å². The van der Waals surface area contributed by atoms with Crippen LogP contribution in [0.15, 0.2) is 24.3 Å². The van der Waals surface area contributed by atoms with Crippen molar-refractivity contribution in [2.24, 2.45) is 0 Å². The number of carboxylic acid groups (broad SMARTS) is 2. The number of methoxy groups -OCH3 is 1. The Morgan fingerprint density at radius 2 is 1.15 bits per heavy atom. The van der Waals surface area contributed by atoms with Crippen LogP contribution in [0.3, 0.4) is 0 Å². The summed E-state index contributed by atoms with van der Waals surface area (Å²) in [5.41, 5.74) is 13.8. The second-order valence-electron chi connectivity index (χ2n) is 12.6. The summed E-state index contributed by atoms with van der Waals surface area (Å²) in [7, 11) is 1.69. The molecule has 0 fully saturated rings. The van der Waals surface area contributed by atoms with Gasteiger partial charge in [0, 0.05) is 53.1 Å². The molecule has 0 spiro atoms. The van der Waals surface area contributed by atoms with E-state index in [9.17, 15) is 24.9 Å². The van der Waals surface area contributed by atoms with Crippen LogP contribution >= 0.6 is 0 Å². The normalized spacial score (nSPS) is 14.6. The van der Waals surface area contributed by atoms with Crippen molar-refractivity contribution in [3.8, 4) is 0 Å². The lowest BCUT2D eigenvalue weighted by atomic mass is 9.97. The first-order valence-electron chi connectivity index (χ1n) is 16.1. The zero-order valence-electron chi connectivity index (χ0n) is 28.2. The van der Waals surface area contributed by atoms with Crippen molar-refractivity contribution in [3.63, 3.8) is 0 Å². The Morgan fingerprint density at radius 1 is 0.702 bits per heavy atom. The number of nitrogens with zero attached hydrogens (tertiary/aromatic N) is 2. The minimum absolute atomic E-state index is 0.0403. The largest absolute Gasteiger partial charge is 0.481 e. The molecule has 2 aliphatic heterocycles. The molecule has 0 radical (unpaired) electrons. The van der Waals surface area contributed by atoms with Gasteiger partial charge in [0.05, 0.1) is 35.0 Å². The number of hydrogen-bond acceptors (Lipinski definition) is 6. The van der Waals surface area contributed by atoms with E-state index in [0.717, 1.165) is 83.7 Å². The van der Waals surface area contributed by atoms with E-state index in [2.05, 4.69) is 23.0 Å². The zero-order valence-corrected chi connectivity index (χ0v) is 28.2. The van der Waals surface area contributed by atoms with Gasteiger partial charge in [0.2, 0.25) is 0 Å². The van der Waals surface area contributed by atoms with E-state index < -0.39 is 18.0 Å². The molecule has 47 heavy (non-hydrogen) atoms. The SMILES string of the molecule is COC(C)c1c(C)c2cc3nc(cc4nc(cc5[nH]c(cc1[nH]2)c(C)c5C(C)O)C(C)=C4CCCC(=O)O)C(CCCC(=O)O)=C3C. The fourth-order valence-electron chi connectivity index (χ4n) is 6.79. The van der Waals surface area contributed by atoms with Gasteiger partial charge in [0.1, 0.15) is 0 Å². The van der Waals surface area contributed by atoms with Crippen LogP contribution < -0.4 is 0 Å². The molecule has 10 heteroatoms. The maximum absolute atomic E-state index is 11.4. The minimum Gasteiger partial charge on any atom is -0.481 e. The number of aryl methyl sites for hydroxylation is 2. The number of rotatable bonds is 11. The standard InChI is InChI=1S/C37H44N4O6/c1-18-24(10-8-12-34(43)44)30-17-31-25(11-9-13-35(45)46)19(2)27(39-31)15-32-36(22(5)42)20(3)29(40-32)16-33-37(23(6)47-7)21(4)28(41-33)14-26(18)38-30/h14-17,22-23,40-42H,8-13H2,1-7H3,(H,43,44)(H,45,46). The van der Waals surface area contributed by atoms with Crippen LogP contribution in [-0.2, 0) is 14.3 Å². The van der Waals surface area contributed by atoms with Crippen molar-refractivity contribution in [2.45, 2.75) is 92.3 Å². The molecule has 3 aromatic heterocycles. The molecule has 5 rings (SSSR count). The number of carboxylic acids is 2. The van der Waals surface area contributed by atoms with Crippen LogP contribution in [0.5, 0.6) is 0 Å². The molecule has 5 N–H and O–H groups in total. The minimum atomic E-state index is -0.850. The fourth-order valence-corrected chi connectivity index (χ4v) is 6.79. The topological polar surface area (TPSA) is 161 Å². The number of H-pyrrole nitrogens is 2. The van der Waals surface area contributed by atoms with E-state index >= 15 is 0 Å². The first kappa shape index (κ1) is 33.8. The third-order valence-corrected chi connectivity index (χ3v) is 9.45. The molecule has 5 heterocycles. The van der Waals surface area contributed by atoms with Gasteiger partial charge in [0.15, 0.2) is 0 Å². The Labute approximate surface area is 274 Å². The number of aliphatic carboxylic acids is 2. The zero-order chi connectivity index (χ0) is 34.2. The summed E-state index contributed by atoms with van der Waals surface area (Å²) in [4.78, 5) is 40.0. The van der Waals surface area contributed by atoms with Gasteiger partial charge in [-0.3, -0.25) is 9.59 Å². The Hall–Kier alpha value is -4.54. The van der Waals surface area contributed by atoms with Crippen LogP contribution in [0, 0.1) is 13.8 Å². The second kappa shape index (κ2) is 13.7. The van der Waals surface area contributed by atoms with Crippen molar-refractivity contribution in [2.75, 3.05) is 7.11 Å². The molecule has 3 aromatic rings. The smallest absolute Gasteiger partial charge is 0.303 e. The maximum Gasteiger partial charge on any atom is 0.303 e. The van der Waals surface area contributed by atoms with Gasteiger partial charge in [-0.15, -0.1) is 0 Å². The van der Waals surface area contributed by atoms with Crippen LogP contribution in [0.1, 0.15) is 123 Å². The highest BCUT2D eigenvalue weighted by Gasteiger charge is 2.23. The molecular formula is C37H44N4O6. The van der Waals surface area contributed by atoms with E-state index in [0.29, 0.717) is 31.4 Å². The molecule has 10 nitrogen and oxygen atoms in total. The highest BCUT2D eigenvalue weighted by Crippen LogP contribution is 2.39. The first-order chi connectivity index (χ1) is 22.3. The molecule has 0 aromatic carbocycles. The molecule has 0 amide bonds. The summed E-state index contributed by atoms with van der Waals surface area (Å²) in [6.45, 7) is 11.8. The molecule has 248 valence electrons.